The molecule has 5 heteroatoms. The van der Waals surface area contributed by atoms with Crippen LogP contribution in [0.25, 0.3) is 0 Å². The van der Waals surface area contributed by atoms with Gasteiger partial charge in [-0.3, -0.25) is 10.1 Å². The molecule has 0 aliphatic rings. The molecule has 1 aromatic carbocycles. The third-order valence-electron chi connectivity index (χ3n) is 2.17. The van der Waals surface area contributed by atoms with Crippen molar-refractivity contribution >= 4 is 5.69 Å². The molecule has 1 atom stereocenters. The van der Waals surface area contributed by atoms with E-state index in [9.17, 15) is 10.1 Å². The summed E-state index contributed by atoms with van der Waals surface area (Å²) in [5.41, 5.74) is 0.646. The van der Waals surface area contributed by atoms with E-state index in [1.807, 2.05) is 0 Å². The SMILES string of the molecule is [CH2]C(CO)c1ccc([N+](=O)[O-])c(OCC)c1. The lowest BCUT2D eigenvalue weighted by atomic mass is 10.0. The van der Waals surface area contributed by atoms with E-state index in [-0.39, 0.29) is 24.0 Å². The van der Waals surface area contributed by atoms with Crippen LogP contribution in [0.2, 0.25) is 0 Å². The Balaban J connectivity index is 3.11. The lowest BCUT2D eigenvalue weighted by Crippen LogP contribution is -2.02. The first-order valence-corrected chi connectivity index (χ1v) is 4.95. The summed E-state index contributed by atoms with van der Waals surface area (Å²) in [5, 5.41) is 19.7. The minimum atomic E-state index is -0.494. The summed E-state index contributed by atoms with van der Waals surface area (Å²) in [5.74, 6) is -0.0906. The highest BCUT2D eigenvalue weighted by Crippen LogP contribution is 2.30. The summed E-state index contributed by atoms with van der Waals surface area (Å²) in [6.45, 7) is 5.73. The largest absolute Gasteiger partial charge is 0.487 e. The van der Waals surface area contributed by atoms with Crippen LogP contribution in [0.3, 0.4) is 0 Å². The molecule has 0 aromatic heterocycles. The van der Waals surface area contributed by atoms with Gasteiger partial charge in [-0.15, -0.1) is 0 Å². The third-order valence-corrected chi connectivity index (χ3v) is 2.17. The standard InChI is InChI=1S/C11H14NO4/c1-3-16-11-6-9(8(2)7-13)4-5-10(11)12(14)15/h4-6,8,13H,2-3,7H2,1H3. The number of nitrogens with zero attached hydrogens (tertiary/aromatic N) is 1. The van der Waals surface area contributed by atoms with Crippen molar-refractivity contribution < 1.29 is 14.8 Å². The molecule has 0 saturated carbocycles. The second kappa shape index (κ2) is 5.46. The molecule has 1 rings (SSSR count). The summed E-state index contributed by atoms with van der Waals surface area (Å²) in [6.07, 6.45) is 0. The Labute approximate surface area is 93.8 Å². The normalized spacial score (nSPS) is 12.2. The van der Waals surface area contributed by atoms with Gasteiger partial charge in [0, 0.05) is 18.6 Å². The van der Waals surface area contributed by atoms with E-state index < -0.39 is 4.92 Å². The van der Waals surface area contributed by atoms with Crippen molar-refractivity contribution in [3.63, 3.8) is 0 Å². The summed E-state index contributed by atoms with van der Waals surface area (Å²) < 4.78 is 5.18. The number of aliphatic hydroxyl groups is 1. The van der Waals surface area contributed by atoms with Gasteiger partial charge in [0.25, 0.3) is 0 Å². The van der Waals surface area contributed by atoms with Crippen LogP contribution in [0.5, 0.6) is 5.75 Å². The molecule has 0 heterocycles. The molecular weight excluding hydrogens is 210 g/mol. The Hall–Kier alpha value is -1.62. The molecular formula is C11H14NO4. The van der Waals surface area contributed by atoms with E-state index >= 15 is 0 Å². The van der Waals surface area contributed by atoms with Crippen LogP contribution in [0.1, 0.15) is 18.4 Å². The Kier molecular flexibility index (Phi) is 4.25. The lowest BCUT2D eigenvalue weighted by Gasteiger charge is -2.10. The van der Waals surface area contributed by atoms with Crippen molar-refractivity contribution in [1.29, 1.82) is 0 Å². The van der Waals surface area contributed by atoms with Gasteiger partial charge in [0.05, 0.1) is 11.5 Å². The highest BCUT2D eigenvalue weighted by molar-refractivity contribution is 5.49. The molecule has 0 aliphatic carbocycles. The van der Waals surface area contributed by atoms with Crippen LogP contribution < -0.4 is 4.74 Å². The number of benzene rings is 1. The van der Waals surface area contributed by atoms with Gasteiger partial charge in [-0.2, -0.15) is 0 Å². The number of aliphatic hydroxyl groups excluding tert-OH is 1. The smallest absolute Gasteiger partial charge is 0.310 e. The van der Waals surface area contributed by atoms with Crippen LogP contribution in [-0.4, -0.2) is 23.2 Å². The van der Waals surface area contributed by atoms with Gasteiger partial charge in [0.1, 0.15) is 0 Å². The Bertz CT molecular complexity index is 378. The highest BCUT2D eigenvalue weighted by atomic mass is 16.6. The molecule has 0 amide bonds. The molecule has 1 unspecified atom stereocenters. The molecule has 5 nitrogen and oxygen atoms in total. The fourth-order valence-corrected chi connectivity index (χ4v) is 1.31. The lowest BCUT2D eigenvalue weighted by molar-refractivity contribution is -0.385. The quantitative estimate of drug-likeness (QED) is 0.612. The minimum absolute atomic E-state index is 0.0734. The Morgan fingerprint density at radius 3 is 2.81 bits per heavy atom. The van der Waals surface area contributed by atoms with Gasteiger partial charge in [0.15, 0.2) is 5.75 Å². The average molecular weight is 224 g/mol. The zero-order chi connectivity index (χ0) is 12.1. The van der Waals surface area contributed by atoms with Crippen LogP contribution in [0.4, 0.5) is 5.69 Å². The predicted octanol–water partition coefficient (Wildman–Crippen LogP) is 1.90. The molecule has 1 aromatic rings. The van der Waals surface area contributed by atoms with Crippen molar-refractivity contribution in [2.75, 3.05) is 13.2 Å². The maximum Gasteiger partial charge on any atom is 0.310 e. The number of hydrogen-bond acceptors (Lipinski definition) is 4. The number of ether oxygens (including phenoxy) is 1. The van der Waals surface area contributed by atoms with E-state index in [4.69, 9.17) is 9.84 Å². The first-order chi connectivity index (χ1) is 7.60. The summed E-state index contributed by atoms with van der Waals surface area (Å²) >= 11 is 0. The summed E-state index contributed by atoms with van der Waals surface area (Å²) in [6, 6.07) is 4.50. The first-order valence-electron chi connectivity index (χ1n) is 4.95. The van der Waals surface area contributed by atoms with Gasteiger partial charge >= 0.3 is 5.69 Å². The molecule has 16 heavy (non-hydrogen) atoms. The third kappa shape index (κ3) is 2.70. The van der Waals surface area contributed by atoms with E-state index in [0.29, 0.717) is 6.61 Å². The van der Waals surface area contributed by atoms with Gasteiger partial charge < -0.3 is 9.84 Å². The van der Waals surface area contributed by atoms with Crippen molar-refractivity contribution in [2.24, 2.45) is 0 Å². The molecule has 0 bridgehead atoms. The van der Waals surface area contributed by atoms with Gasteiger partial charge in [-0.05, 0) is 25.5 Å². The van der Waals surface area contributed by atoms with Crippen molar-refractivity contribution in [3.8, 4) is 5.75 Å². The number of nitro benzene ring substituents is 1. The molecule has 87 valence electrons. The number of rotatable bonds is 5. The van der Waals surface area contributed by atoms with E-state index in [2.05, 4.69) is 6.92 Å². The molecule has 0 saturated heterocycles. The second-order valence-electron chi connectivity index (χ2n) is 3.30. The van der Waals surface area contributed by atoms with Crippen molar-refractivity contribution in [1.82, 2.24) is 0 Å². The number of nitro groups is 1. The summed E-state index contributed by atoms with van der Waals surface area (Å²) in [4.78, 5) is 10.2. The monoisotopic (exact) mass is 224 g/mol. The van der Waals surface area contributed by atoms with E-state index in [1.165, 1.54) is 6.07 Å². The van der Waals surface area contributed by atoms with E-state index in [1.54, 1.807) is 19.1 Å². The number of hydrogen-bond donors (Lipinski definition) is 1. The molecule has 0 aliphatic heterocycles. The summed E-state index contributed by atoms with van der Waals surface area (Å²) in [7, 11) is 0. The second-order valence-corrected chi connectivity index (χ2v) is 3.30. The van der Waals surface area contributed by atoms with Gasteiger partial charge in [-0.25, -0.2) is 0 Å². The fraction of sp³-hybridized carbons (Fsp3) is 0.364. The average Bonchev–Trinajstić information content (AvgIpc) is 2.28. The van der Waals surface area contributed by atoms with Crippen LogP contribution in [-0.2, 0) is 0 Å². The van der Waals surface area contributed by atoms with Crippen molar-refractivity contribution in [2.45, 2.75) is 12.8 Å². The molecule has 1 N–H and O–H groups in total. The topological polar surface area (TPSA) is 72.6 Å². The van der Waals surface area contributed by atoms with Crippen molar-refractivity contribution in [3.05, 3.63) is 40.8 Å². The Morgan fingerprint density at radius 2 is 2.31 bits per heavy atom. The van der Waals surface area contributed by atoms with Gasteiger partial charge in [-0.1, -0.05) is 6.07 Å². The van der Waals surface area contributed by atoms with Gasteiger partial charge in [0.2, 0.25) is 0 Å². The molecule has 0 spiro atoms. The minimum Gasteiger partial charge on any atom is -0.487 e. The first kappa shape index (κ1) is 12.4. The van der Waals surface area contributed by atoms with Crippen LogP contribution in [0, 0.1) is 17.0 Å². The van der Waals surface area contributed by atoms with E-state index in [0.717, 1.165) is 5.56 Å². The molecule has 0 fully saturated rings. The maximum absolute atomic E-state index is 10.7. The zero-order valence-corrected chi connectivity index (χ0v) is 9.05. The van der Waals surface area contributed by atoms with Crippen LogP contribution in [0.15, 0.2) is 18.2 Å². The maximum atomic E-state index is 10.7. The Morgan fingerprint density at radius 1 is 1.62 bits per heavy atom. The highest BCUT2D eigenvalue weighted by Gasteiger charge is 2.16. The predicted molar refractivity (Wildman–Crippen MR) is 59.4 cm³/mol. The zero-order valence-electron chi connectivity index (χ0n) is 9.05. The fourth-order valence-electron chi connectivity index (χ4n) is 1.31. The van der Waals surface area contributed by atoms with Crippen LogP contribution >= 0.6 is 0 Å². The molecule has 1 radical (unpaired) electrons.